The van der Waals surface area contributed by atoms with Crippen molar-refractivity contribution in [2.24, 2.45) is 5.92 Å². The first-order chi connectivity index (χ1) is 17.2. The van der Waals surface area contributed by atoms with Gasteiger partial charge in [0.15, 0.2) is 0 Å². The Bertz CT molecular complexity index is 1210. The number of benzene rings is 3. The summed E-state index contributed by atoms with van der Waals surface area (Å²) < 4.78 is 27.4. The molecule has 0 radical (unpaired) electrons. The summed E-state index contributed by atoms with van der Waals surface area (Å²) in [6, 6.07) is 17.3. The second kappa shape index (κ2) is 11.3. The first-order valence-corrected chi connectivity index (χ1v) is 12.6. The summed E-state index contributed by atoms with van der Waals surface area (Å²) in [4.78, 5) is 11.8. The van der Waals surface area contributed by atoms with Crippen molar-refractivity contribution >= 4 is 5.91 Å². The summed E-state index contributed by atoms with van der Waals surface area (Å²) >= 11 is 0. The highest BCUT2D eigenvalue weighted by Gasteiger charge is 2.30. The van der Waals surface area contributed by atoms with Crippen LogP contribution >= 0.6 is 0 Å². The van der Waals surface area contributed by atoms with Gasteiger partial charge in [0, 0.05) is 19.5 Å². The van der Waals surface area contributed by atoms with E-state index in [0.717, 1.165) is 24.5 Å². The molecule has 1 aliphatic rings. The number of hydrogen-bond donors (Lipinski definition) is 3. The van der Waals surface area contributed by atoms with E-state index < -0.39 is 23.8 Å². The minimum atomic E-state index is -0.972. The third-order valence-corrected chi connectivity index (χ3v) is 6.76. The zero-order valence-corrected chi connectivity index (χ0v) is 21.0. The fourth-order valence-electron chi connectivity index (χ4n) is 5.00. The lowest BCUT2D eigenvalue weighted by Crippen LogP contribution is -2.48. The van der Waals surface area contributed by atoms with E-state index in [2.05, 4.69) is 54.8 Å². The number of rotatable bonds is 10. The molecule has 0 saturated carbocycles. The predicted octanol–water partition coefficient (Wildman–Crippen LogP) is 5.32. The third kappa shape index (κ3) is 6.18. The molecule has 0 aliphatic heterocycles. The molecule has 1 unspecified atom stereocenters. The summed E-state index contributed by atoms with van der Waals surface area (Å²) in [5, 5.41) is 17.3. The number of aryl methyl sites for hydroxylation is 1. The smallest absolute Gasteiger partial charge is 0.217 e. The lowest BCUT2D eigenvalue weighted by Gasteiger charge is -2.26. The zero-order valence-electron chi connectivity index (χ0n) is 21.0. The van der Waals surface area contributed by atoms with Crippen molar-refractivity contribution in [2.45, 2.75) is 58.2 Å². The van der Waals surface area contributed by atoms with E-state index in [4.69, 9.17) is 0 Å². The molecule has 4 rings (SSSR count). The molecule has 3 aromatic carbocycles. The number of aliphatic hydroxyl groups excluding tert-OH is 1. The fraction of sp³-hybridized carbons (Fsp3) is 0.367. The van der Waals surface area contributed by atoms with Gasteiger partial charge in [0.2, 0.25) is 5.91 Å². The highest BCUT2D eigenvalue weighted by molar-refractivity contribution is 5.79. The molecule has 3 aromatic rings. The summed E-state index contributed by atoms with van der Waals surface area (Å²) in [5.74, 6) is -1.07. The topological polar surface area (TPSA) is 61.4 Å². The van der Waals surface area contributed by atoms with Gasteiger partial charge in [-0.25, -0.2) is 8.78 Å². The molecule has 0 spiro atoms. The number of halogens is 2. The van der Waals surface area contributed by atoms with E-state index in [1.165, 1.54) is 41.3 Å². The Morgan fingerprint density at radius 2 is 1.64 bits per heavy atom. The molecule has 3 N–H and O–H groups in total. The van der Waals surface area contributed by atoms with Gasteiger partial charge in [-0.2, -0.15) is 0 Å². The van der Waals surface area contributed by atoms with Crippen LogP contribution in [0.5, 0.6) is 0 Å². The van der Waals surface area contributed by atoms with Gasteiger partial charge in [-0.05, 0) is 70.7 Å². The second-order valence-corrected chi connectivity index (χ2v) is 10.1. The molecule has 0 fully saturated rings. The Morgan fingerprint density at radius 3 is 2.33 bits per heavy atom. The van der Waals surface area contributed by atoms with Crippen LogP contribution in [-0.2, 0) is 17.6 Å². The van der Waals surface area contributed by atoms with E-state index in [0.29, 0.717) is 11.5 Å². The van der Waals surface area contributed by atoms with E-state index in [9.17, 15) is 18.7 Å². The molecule has 0 aromatic heterocycles. The van der Waals surface area contributed by atoms with Crippen molar-refractivity contribution in [2.75, 3.05) is 6.54 Å². The number of carbonyl (C=O) groups excluding carboxylic acids is 1. The maximum Gasteiger partial charge on any atom is 0.217 e. The lowest BCUT2D eigenvalue weighted by molar-refractivity contribution is -0.120. The average Bonchev–Trinajstić information content (AvgIpc) is 3.12. The molecular weight excluding hydrogens is 458 g/mol. The summed E-state index contributed by atoms with van der Waals surface area (Å²) in [5.41, 5.74) is 6.32. The average molecular weight is 493 g/mol. The van der Waals surface area contributed by atoms with Crippen LogP contribution in [0.25, 0.3) is 11.1 Å². The van der Waals surface area contributed by atoms with Crippen molar-refractivity contribution in [1.82, 2.24) is 10.6 Å². The van der Waals surface area contributed by atoms with Crippen molar-refractivity contribution in [3.8, 4) is 11.1 Å². The maximum absolute atomic E-state index is 13.7. The van der Waals surface area contributed by atoms with Crippen LogP contribution in [0.3, 0.4) is 0 Å². The summed E-state index contributed by atoms with van der Waals surface area (Å²) in [6.07, 6.45) is 1.25. The van der Waals surface area contributed by atoms with Gasteiger partial charge in [-0.3, -0.25) is 4.79 Å². The zero-order chi connectivity index (χ0) is 25.8. The van der Waals surface area contributed by atoms with Crippen molar-refractivity contribution in [3.63, 3.8) is 0 Å². The van der Waals surface area contributed by atoms with Gasteiger partial charge in [0.05, 0.1) is 18.2 Å². The van der Waals surface area contributed by atoms with Gasteiger partial charge in [-0.1, -0.05) is 56.3 Å². The third-order valence-electron chi connectivity index (χ3n) is 6.76. The number of carbonyl (C=O) groups is 1. The lowest BCUT2D eigenvalue weighted by atomic mass is 9.97. The number of nitrogens with one attached hydrogen (secondary N) is 2. The summed E-state index contributed by atoms with van der Waals surface area (Å²) in [7, 11) is 0. The molecule has 6 heteroatoms. The molecule has 1 amide bonds. The van der Waals surface area contributed by atoms with Gasteiger partial charge in [0.1, 0.15) is 11.6 Å². The number of hydrogen-bond acceptors (Lipinski definition) is 3. The van der Waals surface area contributed by atoms with Gasteiger partial charge in [0.25, 0.3) is 0 Å². The fourth-order valence-corrected chi connectivity index (χ4v) is 5.00. The molecule has 3 atom stereocenters. The Labute approximate surface area is 211 Å². The molecular formula is C30H34F2N2O2. The van der Waals surface area contributed by atoms with E-state index in [1.54, 1.807) is 0 Å². The number of amides is 1. The van der Waals surface area contributed by atoms with E-state index in [-0.39, 0.29) is 24.9 Å². The van der Waals surface area contributed by atoms with Crippen molar-refractivity contribution in [1.29, 1.82) is 0 Å². The van der Waals surface area contributed by atoms with Crippen molar-refractivity contribution < 1.29 is 18.7 Å². The van der Waals surface area contributed by atoms with E-state index >= 15 is 0 Å². The highest BCUT2D eigenvalue weighted by atomic mass is 19.1. The Balaban J connectivity index is 1.54. The van der Waals surface area contributed by atoms with Crippen LogP contribution in [0.1, 0.15) is 55.5 Å². The predicted molar refractivity (Wildman–Crippen MR) is 139 cm³/mol. The number of aliphatic hydroxyl groups is 1. The summed E-state index contributed by atoms with van der Waals surface area (Å²) in [6.45, 7) is 6.00. The van der Waals surface area contributed by atoms with Gasteiger partial charge >= 0.3 is 0 Å². The first-order valence-electron chi connectivity index (χ1n) is 12.6. The van der Waals surface area contributed by atoms with Crippen LogP contribution in [-0.4, -0.2) is 29.7 Å². The normalized spacial score (nSPS) is 15.9. The first kappa shape index (κ1) is 26.0. The Kier molecular flexibility index (Phi) is 8.17. The van der Waals surface area contributed by atoms with Crippen LogP contribution < -0.4 is 10.6 Å². The minimum Gasteiger partial charge on any atom is -0.390 e. The molecule has 190 valence electrons. The van der Waals surface area contributed by atoms with Crippen LogP contribution in [0.2, 0.25) is 0 Å². The highest BCUT2D eigenvalue weighted by Crippen LogP contribution is 2.43. The van der Waals surface area contributed by atoms with E-state index in [1.807, 2.05) is 12.1 Å². The van der Waals surface area contributed by atoms with Crippen molar-refractivity contribution in [3.05, 3.63) is 94.6 Å². The number of fused-ring (bicyclic) bond motifs is 3. The minimum absolute atomic E-state index is 0.102. The maximum atomic E-state index is 13.7. The molecule has 0 heterocycles. The van der Waals surface area contributed by atoms with Gasteiger partial charge < -0.3 is 15.7 Å². The molecule has 4 nitrogen and oxygen atoms in total. The SMILES string of the molecule is CC(=O)N[C@@H](Cc1cc(F)cc(F)c1)[C@H](O)CNC1c2ccccc2-c2ccc(CCC(C)C)cc21. The Hall–Kier alpha value is -3.09. The molecule has 1 aliphatic carbocycles. The molecule has 0 bridgehead atoms. The molecule has 36 heavy (non-hydrogen) atoms. The van der Waals surface area contributed by atoms with Crippen LogP contribution in [0.4, 0.5) is 8.78 Å². The largest absolute Gasteiger partial charge is 0.390 e. The van der Waals surface area contributed by atoms with Gasteiger partial charge in [-0.15, -0.1) is 0 Å². The molecule has 0 saturated heterocycles. The Morgan fingerprint density at radius 1 is 0.944 bits per heavy atom. The quantitative estimate of drug-likeness (QED) is 0.359. The second-order valence-electron chi connectivity index (χ2n) is 10.1. The van der Waals surface area contributed by atoms with Crippen LogP contribution in [0.15, 0.2) is 60.7 Å². The monoisotopic (exact) mass is 492 g/mol. The van der Waals surface area contributed by atoms with Crippen LogP contribution in [0, 0.1) is 17.6 Å². The standard InChI is InChI=1S/C30H34F2N2O2/c1-18(2)8-9-20-10-11-25-24-6-4-5-7-26(24)30(27(25)14-20)33-17-29(36)28(34-19(3)35)15-21-12-22(31)16-23(32)13-21/h4-7,10-14,16,18,28-30,33,36H,8-9,15,17H2,1-3H3,(H,34,35)/t28-,29+,30?/m0/s1.